The number of hydrogen-bond acceptors (Lipinski definition) is 5. The largest absolute Gasteiger partial charge is 0.472 e. The van der Waals surface area contributed by atoms with Gasteiger partial charge in [0.05, 0.1) is 12.6 Å². The number of hydrogen-bond donors (Lipinski definition) is 1. The Morgan fingerprint density at radius 3 is 2.63 bits per heavy atom. The van der Waals surface area contributed by atoms with Gasteiger partial charge in [-0.05, 0) is 38.2 Å². The van der Waals surface area contributed by atoms with Crippen LogP contribution in [0, 0.1) is 5.92 Å². The number of nitrogens with zero attached hydrogens (tertiary/aromatic N) is 3. The van der Waals surface area contributed by atoms with Gasteiger partial charge in [-0.3, -0.25) is 4.79 Å². The molecule has 0 saturated heterocycles. The Labute approximate surface area is 178 Å². The highest BCUT2D eigenvalue weighted by Gasteiger charge is 2.33. The number of carbonyl (C=O) groups excluding carboxylic acids is 1. The normalized spacial score (nSPS) is 20.6. The Hall–Kier alpha value is -2.70. The Morgan fingerprint density at radius 2 is 1.97 bits per heavy atom. The molecule has 1 aromatic carbocycles. The maximum Gasteiger partial charge on any atom is 0.259 e. The number of ether oxygens (including phenoxy) is 1. The van der Waals surface area contributed by atoms with Gasteiger partial charge in [0.2, 0.25) is 5.88 Å². The van der Waals surface area contributed by atoms with E-state index in [1.54, 1.807) is 11.1 Å². The third-order valence-electron chi connectivity index (χ3n) is 5.36. The van der Waals surface area contributed by atoms with Gasteiger partial charge in [-0.15, -0.1) is 0 Å². The van der Waals surface area contributed by atoms with Crippen molar-refractivity contribution in [1.82, 2.24) is 14.8 Å². The summed E-state index contributed by atoms with van der Waals surface area (Å²) in [5, 5.41) is 9.72. The Morgan fingerprint density at radius 1 is 1.27 bits per heavy atom. The predicted molar refractivity (Wildman–Crippen MR) is 119 cm³/mol. The van der Waals surface area contributed by atoms with Gasteiger partial charge in [0.15, 0.2) is 0 Å². The van der Waals surface area contributed by atoms with Gasteiger partial charge in [-0.1, -0.05) is 49.4 Å². The molecule has 1 amide bonds. The molecule has 3 atom stereocenters. The average Bonchev–Trinajstić information content (AvgIpc) is 2.74. The highest BCUT2D eigenvalue weighted by Crippen LogP contribution is 2.27. The molecule has 6 nitrogen and oxygen atoms in total. The molecule has 0 saturated carbocycles. The van der Waals surface area contributed by atoms with E-state index in [4.69, 9.17) is 4.74 Å². The minimum atomic E-state index is -0.283. The summed E-state index contributed by atoms with van der Waals surface area (Å²) >= 11 is 0. The fraction of sp³-hybridized carbons (Fsp3) is 0.417. The minimum Gasteiger partial charge on any atom is -0.472 e. The lowest BCUT2D eigenvalue weighted by Crippen LogP contribution is -2.49. The van der Waals surface area contributed by atoms with Crippen molar-refractivity contribution in [2.24, 2.45) is 5.92 Å². The van der Waals surface area contributed by atoms with Crippen molar-refractivity contribution in [3.05, 3.63) is 59.3 Å². The van der Waals surface area contributed by atoms with Crippen LogP contribution in [-0.4, -0.2) is 71.7 Å². The first-order valence-corrected chi connectivity index (χ1v) is 10.4. The van der Waals surface area contributed by atoms with E-state index in [9.17, 15) is 9.90 Å². The summed E-state index contributed by atoms with van der Waals surface area (Å²) in [5.41, 5.74) is 2.33. The van der Waals surface area contributed by atoms with Crippen molar-refractivity contribution in [2.45, 2.75) is 26.0 Å². The van der Waals surface area contributed by atoms with Crippen LogP contribution in [-0.2, 0) is 0 Å². The Balaban J connectivity index is 1.98. The minimum absolute atomic E-state index is 0.0893. The zero-order valence-corrected chi connectivity index (χ0v) is 18.2. The molecule has 2 heterocycles. The van der Waals surface area contributed by atoms with Gasteiger partial charge < -0.3 is 19.6 Å². The van der Waals surface area contributed by atoms with Crippen LogP contribution in [0.25, 0.3) is 12.2 Å². The topological polar surface area (TPSA) is 65.9 Å². The van der Waals surface area contributed by atoms with E-state index in [2.05, 4.69) is 16.8 Å². The van der Waals surface area contributed by atoms with Crippen molar-refractivity contribution >= 4 is 18.1 Å². The molecule has 2 aromatic rings. The SMILES string of the molecule is C[C@@H]1CN([C@@H](C)CO)C(=O)c2cc(/C=C/c3ccccc3)cnc2O[C@@H]1CN(C)C. The lowest BCUT2D eigenvalue weighted by molar-refractivity contribution is 0.0348. The van der Waals surface area contributed by atoms with Crippen LogP contribution < -0.4 is 4.74 Å². The number of rotatable bonds is 6. The van der Waals surface area contributed by atoms with Crippen LogP contribution in [0.1, 0.15) is 35.3 Å². The van der Waals surface area contributed by atoms with Crippen LogP contribution >= 0.6 is 0 Å². The van der Waals surface area contributed by atoms with Crippen LogP contribution in [0.2, 0.25) is 0 Å². The number of benzene rings is 1. The molecule has 30 heavy (non-hydrogen) atoms. The van der Waals surface area contributed by atoms with Crippen molar-refractivity contribution < 1.29 is 14.6 Å². The first kappa shape index (κ1) is 22.0. The molecule has 1 aromatic heterocycles. The summed E-state index contributed by atoms with van der Waals surface area (Å²) < 4.78 is 6.22. The van der Waals surface area contributed by atoms with E-state index >= 15 is 0 Å². The number of pyridine rings is 1. The van der Waals surface area contributed by atoms with Crippen molar-refractivity contribution in [3.63, 3.8) is 0 Å². The number of likely N-dealkylation sites (N-methyl/N-ethyl adjacent to an activating group) is 1. The maximum atomic E-state index is 13.4. The number of aliphatic hydroxyl groups is 1. The van der Waals surface area contributed by atoms with Crippen LogP contribution in [0.5, 0.6) is 5.88 Å². The molecule has 1 aliphatic rings. The second-order valence-electron chi connectivity index (χ2n) is 8.25. The first-order valence-electron chi connectivity index (χ1n) is 10.4. The molecular formula is C24H31N3O3. The Kier molecular flexibility index (Phi) is 7.24. The molecule has 6 heteroatoms. The maximum absolute atomic E-state index is 13.4. The number of aliphatic hydroxyl groups excluding tert-OH is 1. The van der Waals surface area contributed by atoms with Crippen LogP contribution in [0.3, 0.4) is 0 Å². The highest BCUT2D eigenvalue weighted by molar-refractivity contribution is 5.97. The number of aromatic nitrogens is 1. The monoisotopic (exact) mass is 409 g/mol. The first-order chi connectivity index (χ1) is 14.4. The molecule has 0 radical (unpaired) electrons. The summed E-state index contributed by atoms with van der Waals surface area (Å²) in [6, 6.07) is 11.5. The van der Waals surface area contributed by atoms with E-state index in [1.165, 1.54) is 0 Å². The number of fused-ring (bicyclic) bond motifs is 1. The van der Waals surface area contributed by atoms with E-state index < -0.39 is 0 Å². The molecule has 0 fully saturated rings. The van der Waals surface area contributed by atoms with Crippen molar-refractivity contribution in [1.29, 1.82) is 0 Å². The standard InChI is InChI=1S/C24H31N3O3/c1-17-14-27(18(2)16-28)24(29)21-12-20(11-10-19-8-6-5-7-9-19)13-25-23(21)30-22(17)15-26(3)4/h5-13,17-18,22,28H,14-16H2,1-4H3/b11-10+/t17-,18+,22-/m1/s1. The quantitative estimate of drug-likeness (QED) is 0.794. The number of carbonyl (C=O) groups is 1. The second-order valence-corrected chi connectivity index (χ2v) is 8.25. The van der Waals surface area contributed by atoms with Gasteiger partial charge in [0.25, 0.3) is 5.91 Å². The van der Waals surface area contributed by atoms with E-state index in [0.29, 0.717) is 24.5 Å². The zero-order chi connectivity index (χ0) is 21.7. The van der Waals surface area contributed by atoms with Crippen molar-refractivity contribution in [3.8, 4) is 5.88 Å². The van der Waals surface area contributed by atoms with E-state index in [0.717, 1.165) is 11.1 Å². The van der Waals surface area contributed by atoms with Crippen LogP contribution in [0.15, 0.2) is 42.6 Å². The molecule has 1 aliphatic heterocycles. The van der Waals surface area contributed by atoms with Gasteiger partial charge in [-0.2, -0.15) is 0 Å². The van der Waals surface area contributed by atoms with Gasteiger partial charge in [0, 0.05) is 25.2 Å². The molecule has 0 unspecified atom stereocenters. The van der Waals surface area contributed by atoms with Gasteiger partial charge in [0.1, 0.15) is 11.7 Å². The van der Waals surface area contributed by atoms with Crippen molar-refractivity contribution in [2.75, 3.05) is 33.8 Å². The molecular weight excluding hydrogens is 378 g/mol. The Bertz CT molecular complexity index is 883. The fourth-order valence-corrected chi connectivity index (χ4v) is 3.54. The summed E-state index contributed by atoms with van der Waals surface area (Å²) in [7, 11) is 4.00. The fourth-order valence-electron chi connectivity index (χ4n) is 3.54. The summed E-state index contributed by atoms with van der Waals surface area (Å²) in [6.45, 7) is 5.07. The molecule has 1 N–H and O–H groups in total. The van der Waals surface area contributed by atoms with E-state index in [-0.39, 0.29) is 30.6 Å². The predicted octanol–water partition coefficient (Wildman–Crippen LogP) is 3.03. The molecule has 0 spiro atoms. The summed E-state index contributed by atoms with van der Waals surface area (Å²) in [5.74, 6) is 0.285. The third kappa shape index (κ3) is 5.26. The summed E-state index contributed by atoms with van der Waals surface area (Å²) in [6.07, 6.45) is 5.54. The van der Waals surface area contributed by atoms with Crippen LogP contribution in [0.4, 0.5) is 0 Å². The highest BCUT2D eigenvalue weighted by atomic mass is 16.5. The zero-order valence-electron chi connectivity index (χ0n) is 18.2. The molecule has 0 aliphatic carbocycles. The van der Waals surface area contributed by atoms with Gasteiger partial charge >= 0.3 is 0 Å². The molecule has 160 valence electrons. The molecule has 3 rings (SSSR count). The third-order valence-corrected chi connectivity index (χ3v) is 5.36. The van der Waals surface area contributed by atoms with Gasteiger partial charge in [-0.25, -0.2) is 4.98 Å². The van der Waals surface area contributed by atoms with E-state index in [1.807, 2.05) is 69.6 Å². The molecule has 0 bridgehead atoms. The smallest absolute Gasteiger partial charge is 0.259 e. The average molecular weight is 410 g/mol. The lowest BCUT2D eigenvalue weighted by atomic mass is 10.00. The number of amides is 1. The lowest BCUT2D eigenvalue weighted by Gasteiger charge is -2.37. The summed E-state index contributed by atoms with van der Waals surface area (Å²) in [4.78, 5) is 21.7. The second kappa shape index (κ2) is 9.87.